The summed E-state index contributed by atoms with van der Waals surface area (Å²) in [6.07, 6.45) is 0.734. The first-order valence-electron chi connectivity index (χ1n) is 5.18. The van der Waals surface area contributed by atoms with Crippen molar-refractivity contribution in [2.45, 2.75) is 19.2 Å². The zero-order chi connectivity index (χ0) is 13.5. The van der Waals surface area contributed by atoms with Gasteiger partial charge in [-0.25, -0.2) is 4.68 Å². The van der Waals surface area contributed by atoms with Gasteiger partial charge in [-0.3, -0.25) is 9.59 Å². The molecule has 0 fully saturated rings. The van der Waals surface area contributed by atoms with Crippen LogP contribution in [0.3, 0.4) is 0 Å². The quantitative estimate of drug-likeness (QED) is 0.512. The van der Waals surface area contributed by atoms with Crippen molar-refractivity contribution in [2.24, 2.45) is 5.73 Å². The van der Waals surface area contributed by atoms with Gasteiger partial charge in [0.25, 0.3) is 5.91 Å². The molecule has 1 amide bonds. The van der Waals surface area contributed by atoms with E-state index in [-0.39, 0.29) is 25.5 Å². The number of carboxylic acid groups (broad SMARTS) is 1. The minimum Gasteiger partial charge on any atom is -0.480 e. The first kappa shape index (κ1) is 14.1. The lowest BCUT2D eigenvalue weighted by Crippen LogP contribution is -2.40. The van der Waals surface area contributed by atoms with Gasteiger partial charge in [0.2, 0.25) is 0 Å². The maximum Gasteiger partial charge on any atom is 0.325 e. The molecule has 1 heterocycles. The molecule has 18 heavy (non-hydrogen) atoms. The molecule has 9 heteroatoms. The lowest BCUT2D eigenvalue weighted by molar-refractivity contribution is -0.138. The molecule has 0 radical (unpaired) electrons. The van der Waals surface area contributed by atoms with Gasteiger partial charge in [0.05, 0.1) is 12.7 Å². The van der Waals surface area contributed by atoms with E-state index >= 15 is 0 Å². The van der Waals surface area contributed by atoms with E-state index in [1.54, 1.807) is 0 Å². The average molecular weight is 257 g/mol. The molecule has 1 aromatic rings. The van der Waals surface area contributed by atoms with Gasteiger partial charge >= 0.3 is 5.97 Å². The number of nitrogens with two attached hydrogens (primary N) is 1. The van der Waals surface area contributed by atoms with Crippen molar-refractivity contribution >= 4 is 11.9 Å². The molecule has 4 N–H and O–H groups in total. The predicted octanol–water partition coefficient (Wildman–Crippen LogP) is -2.05. The number of hydrogen-bond donors (Lipinski definition) is 3. The van der Waals surface area contributed by atoms with Crippen LogP contribution in [0.15, 0.2) is 6.20 Å². The lowest BCUT2D eigenvalue weighted by atomic mass is 10.3. The third kappa shape index (κ3) is 4.11. The Labute approximate surface area is 103 Å². The Morgan fingerprint density at radius 1 is 1.67 bits per heavy atom. The summed E-state index contributed by atoms with van der Waals surface area (Å²) in [6.45, 7) is -0.0587. The van der Waals surface area contributed by atoms with E-state index < -0.39 is 12.1 Å². The fourth-order valence-corrected chi connectivity index (χ4v) is 1.24. The van der Waals surface area contributed by atoms with E-state index in [1.807, 2.05) is 0 Å². The molecule has 0 saturated carbocycles. The number of nitrogens with one attached hydrogen (secondary N) is 1. The van der Waals surface area contributed by atoms with Crippen LogP contribution >= 0.6 is 0 Å². The molecule has 1 aromatic heterocycles. The second-order valence-corrected chi connectivity index (χ2v) is 3.48. The van der Waals surface area contributed by atoms with Gasteiger partial charge < -0.3 is 20.9 Å². The lowest BCUT2D eigenvalue weighted by Gasteiger charge is -2.11. The molecule has 1 rings (SSSR count). The van der Waals surface area contributed by atoms with Crippen LogP contribution in [0.4, 0.5) is 0 Å². The maximum atomic E-state index is 11.5. The highest BCUT2D eigenvalue weighted by atomic mass is 16.5. The third-order valence-corrected chi connectivity index (χ3v) is 2.12. The average Bonchev–Trinajstić information content (AvgIpc) is 2.75. The number of amides is 1. The van der Waals surface area contributed by atoms with E-state index in [1.165, 1.54) is 18.0 Å². The van der Waals surface area contributed by atoms with Crippen LogP contribution < -0.4 is 11.1 Å². The molecule has 1 atom stereocenters. The number of carbonyl (C=O) groups is 2. The first-order chi connectivity index (χ1) is 8.56. The number of aliphatic carboxylic acids is 1. The molecule has 0 aliphatic carbocycles. The number of hydrogen-bond acceptors (Lipinski definition) is 6. The van der Waals surface area contributed by atoms with Gasteiger partial charge in [0, 0.05) is 13.7 Å². The van der Waals surface area contributed by atoms with Crippen LogP contribution in [0.25, 0.3) is 0 Å². The zero-order valence-electron chi connectivity index (χ0n) is 9.87. The maximum absolute atomic E-state index is 11.5. The van der Waals surface area contributed by atoms with Crippen LogP contribution in [0, 0.1) is 0 Å². The Bertz CT molecular complexity index is 415. The van der Waals surface area contributed by atoms with E-state index in [0.717, 1.165) is 0 Å². The van der Waals surface area contributed by atoms with Crippen molar-refractivity contribution in [1.82, 2.24) is 20.3 Å². The number of carbonyl (C=O) groups excluding carboxylic acids is 1. The molecule has 0 bridgehead atoms. The summed E-state index contributed by atoms with van der Waals surface area (Å²) in [5.41, 5.74) is 5.78. The summed E-state index contributed by atoms with van der Waals surface area (Å²) in [5.74, 6) is -1.37. The Balaban J connectivity index is 2.46. The largest absolute Gasteiger partial charge is 0.480 e. The van der Waals surface area contributed by atoms with Crippen LogP contribution in [-0.4, -0.2) is 51.7 Å². The number of aromatic nitrogens is 3. The third-order valence-electron chi connectivity index (χ3n) is 2.12. The van der Waals surface area contributed by atoms with Gasteiger partial charge in [0.1, 0.15) is 18.3 Å². The van der Waals surface area contributed by atoms with E-state index in [2.05, 4.69) is 15.6 Å². The number of nitrogens with zero attached hydrogens (tertiary/aromatic N) is 3. The topological polar surface area (TPSA) is 132 Å². The molecule has 0 aromatic carbocycles. The molecular formula is C9H15N5O4. The molecule has 1 unspecified atom stereocenters. The van der Waals surface area contributed by atoms with Gasteiger partial charge in [-0.1, -0.05) is 5.21 Å². The van der Waals surface area contributed by atoms with Gasteiger partial charge in [0.15, 0.2) is 0 Å². The Morgan fingerprint density at radius 3 is 2.94 bits per heavy atom. The van der Waals surface area contributed by atoms with Crippen molar-refractivity contribution in [1.29, 1.82) is 0 Å². The fourth-order valence-electron chi connectivity index (χ4n) is 1.24. The summed E-state index contributed by atoms with van der Waals surface area (Å²) < 4.78 is 6.02. The van der Waals surface area contributed by atoms with E-state index in [0.29, 0.717) is 5.69 Å². The minimum absolute atomic E-state index is 0.0774. The molecule has 0 saturated heterocycles. The Hall–Kier alpha value is -2.00. The first-order valence-corrected chi connectivity index (χ1v) is 5.18. The predicted molar refractivity (Wildman–Crippen MR) is 59.4 cm³/mol. The van der Waals surface area contributed by atoms with Gasteiger partial charge in [-0.15, -0.1) is 5.10 Å². The van der Waals surface area contributed by atoms with E-state index in [9.17, 15) is 9.59 Å². The number of ether oxygens (including phenoxy) is 1. The molecule has 0 aliphatic rings. The highest BCUT2D eigenvalue weighted by Gasteiger charge is 2.15. The fraction of sp³-hybridized carbons (Fsp3) is 0.556. The second-order valence-electron chi connectivity index (χ2n) is 3.48. The van der Waals surface area contributed by atoms with Crippen molar-refractivity contribution in [3.63, 3.8) is 0 Å². The van der Waals surface area contributed by atoms with Gasteiger partial charge in [-0.05, 0) is 0 Å². The number of methoxy groups -OCH3 is 1. The van der Waals surface area contributed by atoms with E-state index in [4.69, 9.17) is 15.6 Å². The Morgan fingerprint density at radius 2 is 2.39 bits per heavy atom. The van der Waals surface area contributed by atoms with Crippen molar-refractivity contribution in [3.05, 3.63) is 11.9 Å². The van der Waals surface area contributed by atoms with Gasteiger partial charge in [-0.2, -0.15) is 0 Å². The van der Waals surface area contributed by atoms with Crippen LogP contribution in [-0.2, 0) is 27.4 Å². The SMILES string of the molecule is COC(CN)C(=O)NCc1cn(CC(=O)O)nn1. The van der Waals surface area contributed by atoms with Crippen molar-refractivity contribution in [2.75, 3.05) is 13.7 Å². The molecule has 9 nitrogen and oxygen atoms in total. The zero-order valence-corrected chi connectivity index (χ0v) is 9.87. The summed E-state index contributed by atoms with van der Waals surface area (Å²) in [7, 11) is 1.39. The smallest absolute Gasteiger partial charge is 0.325 e. The highest BCUT2D eigenvalue weighted by Crippen LogP contribution is 1.94. The highest BCUT2D eigenvalue weighted by molar-refractivity contribution is 5.80. The number of rotatable bonds is 7. The summed E-state index contributed by atoms with van der Waals surface area (Å²) in [4.78, 5) is 21.9. The van der Waals surface area contributed by atoms with Crippen LogP contribution in [0.2, 0.25) is 0 Å². The molecule has 0 aliphatic heterocycles. The monoisotopic (exact) mass is 257 g/mol. The van der Waals surface area contributed by atoms with Crippen molar-refractivity contribution in [3.8, 4) is 0 Å². The minimum atomic E-state index is -1.02. The normalized spacial score (nSPS) is 12.1. The summed E-state index contributed by atoms with van der Waals surface area (Å²) in [6, 6.07) is 0. The molecule has 100 valence electrons. The summed E-state index contributed by atoms with van der Waals surface area (Å²) in [5, 5.41) is 18.4. The summed E-state index contributed by atoms with van der Waals surface area (Å²) >= 11 is 0. The molecular weight excluding hydrogens is 242 g/mol. The number of carboxylic acids is 1. The van der Waals surface area contributed by atoms with Crippen LogP contribution in [0.5, 0.6) is 0 Å². The molecule has 0 spiro atoms. The standard InChI is InChI=1S/C9H15N5O4/c1-18-7(2-10)9(17)11-3-6-4-14(13-12-6)5-8(15)16/h4,7H,2-3,5,10H2,1H3,(H,11,17)(H,15,16). The van der Waals surface area contributed by atoms with Crippen molar-refractivity contribution < 1.29 is 19.4 Å². The Kier molecular flexibility index (Phi) is 5.21. The van der Waals surface area contributed by atoms with Crippen LogP contribution in [0.1, 0.15) is 5.69 Å². The second kappa shape index (κ2) is 6.67.